The summed E-state index contributed by atoms with van der Waals surface area (Å²) in [6.45, 7) is 2.98. The van der Waals surface area contributed by atoms with Crippen LogP contribution in [0, 0.1) is 0 Å². The number of H-pyrrole nitrogens is 1. The summed E-state index contributed by atoms with van der Waals surface area (Å²) in [6, 6.07) is 9.69. The van der Waals surface area contributed by atoms with Gasteiger partial charge in [0, 0.05) is 12.3 Å². The second-order valence-electron chi connectivity index (χ2n) is 4.79. The Balaban J connectivity index is 1.74. The number of carbonyl (C=O) groups is 1. The molecule has 2 N–H and O–H groups in total. The van der Waals surface area contributed by atoms with Gasteiger partial charge in [0.05, 0.1) is 28.9 Å². The molecule has 0 radical (unpaired) electrons. The number of hydrogen-bond acceptors (Lipinski definition) is 4. The molecule has 0 saturated carbocycles. The third kappa shape index (κ3) is 3.35. The minimum Gasteiger partial charge on any atom is -0.381 e. The van der Waals surface area contributed by atoms with Crippen LogP contribution in [0.2, 0.25) is 0 Å². The van der Waals surface area contributed by atoms with Gasteiger partial charge in [-0.3, -0.25) is 4.79 Å². The van der Waals surface area contributed by atoms with Gasteiger partial charge in [-0.25, -0.2) is 4.98 Å². The summed E-state index contributed by atoms with van der Waals surface area (Å²) in [4.78, 5) is 20.7. The summed E-state index contributed by atoms with van der Waals surface area (Å²) in [5, 5.41) is 4.89. The normalized spacial score (nSPS) is 11.0. The Labute approximate surface area is 132 Å². The van der Waals surface area contributed by atoms with Crippen molar-refractivity contribution < 1.29 is 9.53 Å². The second-order valence-corrected chi connectivity index (χ2v) is 5.74. The average Bonchev–Trinajstić information content (AvgIpc) is 3.16. The number of imidazole rings is 1. The third-order valence-corrected chi connectivity index (χ3v) is 4.07. The van der Waals surface area contributed by atoms with Gasteiger partial charge < -0.3 is 15.0 Å². The molecule has 0 atom stereocenters. The van der Waals surface area contributed by atoms with Crippen molar-refractivity contribution >= 4 is 34.0 Å². The zero-order valence-electron chi connectivity index (χ0n) is 12.3. The number of rotatable bonds is 6. The van der Waals surface area contributed by atoms with Crippen molar-refractivity contribution in [3.05, 3.63) is 35.7 Å². The van der Waals surface area contributed by atoms with E-state index in [0.29, 0.717) is 19.6 Å². The molecule has 0 aliphatic rings. The smallest absolute Gasteiger partial charge is 0.226 e. The average molecular weight is 315 g/mol. The Morgan fingerprint density at radius 3 is 3.09 bits per heavy atom. The Bertz CT molecular complexity index is 765. The molecule has 0 fully saturated rings. The van der Waals surface area contributed by atoms with Gasteiger partial charge in [-0.05, 0) is 36.6 Å². The molecule has 0 saturated heterocycles. The van der Waals surface area contributed by atoms with Gasteiger partial charge in [0.2, 0.25) is 5.91 Å². The monoisotopic (exact) mass is 315 g/mol. The molecule has 0 aliphatic carbocycles. The van der Waals surface area contributed by atoms with E-state index in [1.54, 1.807) is 11.3 Å². The summed E-state index contributed by atoms with van der Waals surface area (Å²) in [7, 11) is 0. The van der Waals surface area contributed by atoms with Crippen molar-refractivity contribution in [1.82, 2.24) is 9.97 Å². The molecule has 0 aliphatic heterocycles. The second kappa shape index (κ2) is 6.72. The van der Waals surface area contributed by atoms with Gasteiger partial charge in [-0.1, -0.05) is 6.07 Å². The molecule has 0 spiro atoms. The van der Waals surface area contributed by atoms with Crippen LogP contribution in [0.5, 0.6) is 0 Å². The van der Waals surface area contributed by atoms with Gasteiger partial charge >= 0.3 is 0 Å². The number of hydrogen-bond donors (Lipinski definition) is 2. The first kappa shape index (κ1) is 14.7. The fourth-order valence-electron chi connectivity index (χ4n) is 2.15. The van der Waals surface area contributed by atoms with E-state index in [4.69, 9.17) is 4.74 Å². The van der Waals surface area contributed by atoms with Crippen LogP contribution in [-0.4, -0.2) is 29.1 Å². The molecular weight excluding hydrogens is 298 g/mol. The van der Waals surface area contributed by atoms with E-state index in [2.05, 4.69) is 15.3 Å². The molecule has 6 heteroatoms. The topological polar surface area (TPSA) is 67.0 Å². The summed E-state index contributed by atoms with van der Waals surface area (Å²) in [5.74, 6) is 0.801. The van der Waals surface area contributed by atoms with E-state index >= 15 is 0 Å². The van der Waals surface area contributed by atoms with Crippen LogP contribution in [0.1, 0.15) is 13.3 Å². The van der Waals surface area contributed by atoms with Crippen molar-refractivity contribution in [2.75, 3.05) is 18.5 Å². The number of carbonyl (C=O) groups excluding carboxylic acids is 1. The third-order valence-electron chi connectivity index (χ3n) is 3.20. The maximum atomic E-state index is 11.8. The number of aromatic nitrogens is 2. The Morgan fingerprint density at radius 2 is 2.32 bits per heavy atom. The van der Waals surface area contributed by atoms with Gasteiger partial charge in [-0.2, -0.15) is 0 Å². The van der Waals surface area contributed by atoms with Crippen molar-refractivity contribution in [2.24, 2.45) is 0 Å². The van der Waals surface area contributed by atoms with Crippen molar-refractivity contribution in [3.8, 4) is 10.7 Å². The minimum atomic E-state index is -0.0502. The molecule has 3 aromatic rings. The number of aromatic amines is 1. The Kier molecular flexibility index (Phi) is 4.50. The lowest BCUT2D eigenvalue weighted by Gasteiger charge is -2.05. The quantitative estimate of drug-likeness (QED) is 0.682. The van der Waals surface area contributed by atoms with Gasteiger partial charge in [0.15, 0.2) is 0 Å². The molecule has 1 amide bonds. The number of anilines is 1. The van der Waals surface area contributed by atoms with E-state index in [1.807, 2.05) is 42.6 Å². The van der Waals surface area contributed by atoms with Gasteiger partial charge in [0.25, 0.3) is 0 Å². The molecule has 0 unspecified atom stereocenters. The maximum absolute atomic E-state index is 11.8. The van der Waals surface area contributed by atoms with Gasteiger partial charge in [-0.15, -0.1) is 11.3 Å². The number of nitrogens with one attached hydrogen (secondary N) is 2. The van der Waals surface area contributed by atoms with Crippen LogP contribution in [0.25, 0.3) is 21.7 Å². The number of thiophene rings is 1. The van der Waals surface area contributed by atoms with Crippen LogP contribution in [-0.2, 0) is 9.53 Å². The first-order valence-corrected chi connectivity index (χ1v) is 8.05. The van der Waals surface area contributed by atoms with Crippen molar-refractivity contribution in [2.45, 2.75) is 13.3 Å². The lowest BCUT2D eigenvalue weighted by atomic mass is 10.2. The zero-order valence-corrected chi connectivity index (χ0v) is 13.1. The van der Waals surface area contributed by atoms with Crippen LogP contribution in [0.3, 0.4) is 0 Å². The molecule has 1 aromatic carbocycles. The minimum absolute atomic E-state index is 0.0502. The molecule has 5 nitrogen and oxygen atoms in total. The van der Waals surface area contributed by atoms with Crippen LogP contribution >= 0.6 is 11.3 Å². The van der Waals surface area contributed by atoms with Crippen molar-refractivity contribution in [3.63, 3.8) is 0 Å². The fraction of sp³-hybridized carbons (Fsp3) is 0.250. The van der Waals surface area contributed by atoms with E-state index < -0.39 is 0 Å². The molecule has 3 rings (SSSR count). The van der Waals surface area contributed by atoms with E-state index in [9.17, 15) is 4.79 Å². The molecule has 2 heterocycles. The maximum Gasteiger partial charge on any atom is 0.226 e. The summed E-state index contributed by atoms with van der Waals surface area (Å²) < 4.78 is 5.18. The largest absolute Gasteiger partial charge is 0.381 e. The van der Waals surface area contributed by atoms with E-state index in [0.717, 1.165) is 27.4 Å². The standard InChI is InChI=1S/C16H17N3O2S/c1-2-21-8-7-15(20)17-11-5-6-12-13(10-11)19-16(18-12)14-4-3-9-22-14/h3-6,9-10H,2,7-8H2,1H3,(H,17,20)(H,18,19). The highest BCUT2D eigenvalue weighted by molar-refractivity contribution is 7.13. The summed E-state index contributed by atoms with van der Waals surface area (Å²) >= 11 is 1.64. The van der Waals surface area contributed by atoms with E-state index in [-0.39, 0.29) is 5.91 Å². The molecule has 0 bridgehead atoms. The summed E-state index contributed by atoms with van der Waals surface area (Å²) in [6.07, 6.45) is 0.356. The number of amides is 1. The lowest BCUT2D eigenvalue weighted by molar-refractivity contribution is -0.117. The SMILES string of the molecule is CCOCCC(=O)Nc1ccc2nc(-c3cccs3)[nH]c2c1. The zero-order chi connectivity index (χ0) is 15.4. The number of fused-ring (bicyclic) bond motifs is 1. The molecule has 22 heavy (non-hydrogen) atoms. The molecule has 114 valence electrons. The Hall–Kier alpha value is -2.18. The summed E-state index contributed by atoms with van der Waals surface area (Å²) in [5.41, 5.74) is 2.55. The lowest BCUT2D eigenvalue weighted by Crippen LogP contribution is -2.14. The number of benzene rings is 1. The van der Waals surface area contributed by atoms with Crippen LogP contribution in [0.4, 0.5) is 5.69 Å². The highest BCUT2D eigenvalue weighted by Crippen LogP contribution is 2.25. The molecular formula is C16H17N3O2S. The number of ether oxygens (including phenoxy) is 1. The van der Waals surface area contributed by atoms with E-state index in [1.165, 1.54) is 0 Å². The predicted molar refractivity (Wildman–Crippen MR) is 89.1 cm³/mol. The number of nitrogens with zero attached hydrogens (tertiary/aromatic N) is 1. The first-order chi connectivity index (χ1) is 10.8. The van der Waals surface area contributed by atoms with Crippen LogP contribution < -0.4 is 5.32 Å². The highest BCUT2D eigenvalue weighted by atomic mass is 32.1. The fourth-order valence-corrected chi connectivity index (χ4v) is 2.82. The van der Waals surface area contributed by atoms with Gasteiger partial charge in [0.1, 0.15) is 5.82 Å². The predicted octanol–water partition coefficient (Wildman–Crippen LogP) is 3.66. The Morgan fingerprint density at radius 1 is 1.41 bits per heavy atom. The van der Waals surface area contributed by atoms with Crippen LogP contribution in [0.15, 0.2) is 35.7 Å². The first-order valence-electron chi connectivity index (χ1n) is 7.17. The molecule has 2 aromatic heterocycles. The highest BCUT2D eigenvalue weighted by Gasteiger charge is 2.08. The van der Waals surface area contributed by atoms with Crippen molar-refractivity contribution in [1.29, 1.82) is 0 Å².